The van der Waals surface area contributed by atoms with Crippen LogP contribution >= 0.6 is 0 Å². The van der Waals surface area contributed by atoms with E-state index in [0.717, 1.165) is 37.3 Å². The predicted molar refractivity (Wildman–Crippen MR) is 65.7 cm³/mol. The Morgan fingerprint density at radius 3 is 2.58 bits per heavy atom. The molecule has 3 rings (SSSR count). The molecule has 2 nitrogen and oxygen atoms in total. The summed E-state index contributed by atoms with van der Waals surface area (Å²) in [5.41, 5.74) is 7.23. The van der Waals surface area contributed by atoms with Crippen LogP contribution in [0.2, 0.25) is 0 Å². The standard InChI is InChI=1S/C14H14F3NO/c15-14(16,17)12-8-10-7-9(1-2-11(10)19-12)3-4-13(18)5-6-13/h1-2,7-8H,3-6,18H2. The van der Waals surface area contributed by atoms with Gasteiger partial charge in [-0.05, 0) is 49.4 Å². The number of nitrogens with two attached hydrogens (primary N) is 1. The van der Waals surface area contributed by atoms with Gasteiger partial charge < -0.3 is 10.2 Å². The quantitative estimate of drug-likeness (QED) is 0.918. The molecule has 1 aromatic carbocycles. The van der Waals surface area contributed by atoms with Gasteiger partial charge in [-0.1, -0.05) is 6.07 Å². The van der Waals surface area contributed by atoms with E-state index in [0.29, 0.717) is 5.39 Å². The molecule has 0 spiro atoms. The van der Waals surface area contributed by atoms with Crippen molar-refractivity contribution in [1.29, 1.82) is 0 Å². The minimum Gasteiger partial charge on any atom is -0.452 e. The summed E-state index contributed by atoms with van der Waals surface area (Å²) in [6.45, 7) is 0. The van der Waals surface area contributed by atoms with Crippen LogP contribution < -0.4 is 5.73 Å². The Morgan fingerprint density at radius 2 is 1.95 bits per heavy atom. The average Bonchev–Trinajstić information content (AvgIpc) is 2.91. The predicted octanol–water partition coefficient (Wildman–Crippen LogP) is 3.88. The van der Waals surface area contributed by atoms with Crippen LogP contribution in [-0.2, 0) is 12.6 Å². The van der Waals surface area contributed by atoms with Crippen molar-refractivity contribution in [1.82, 2.24) is 0 Å². The van der Waals surface area contributed by atoms with E-state index >= 15 is 0 Å². The van der Waals surface area contributed by atoms with E-state index in [1.165, 1.54) is 0 Å². The highest BCUT2D eigenvalue weighted by molar-refractivity contribution is 5.78. The molecule has 0 amide bonds. The fourth-order valence-corrected chi connectivity index (χ4v) is 2.19. The lowest BCUT2D eigenvalue weighted by atomic mass is 10.0. The SMILES string of the molecule is NC1(CCc2ccc3oc(C(F)(F)F)cc3c2)CC1. The van der Waals surface area contributed by atoms with Crippen LogP contribution in [0.4, 0.5) is 13.2 Å². The van der Waals surface area contributed by atoms with Crippen LogP contribution in [0.5, 0.6) is 0 Å². The minimum atomic E-state index is -4.44. The maximum absolute atomic E-state index is 12.5. The molecule has 0 unspecified atom stereocenters. The van der Waals surface area contributed by atoms with Crippen molar-refractivity contribution in [3.63, 3.8) is 0 Å². The third-order valence-electron chi connectivity index (χ3n) is 3.66. The van der Waals surface area contributed by atoms with Gasteiger partial charge in [-0.2, -0.15) is 13.2 Å². The molecule has 1 heterocycles. The van der Waals surface area contributed by atoms with Crippen molar-refractivity contribution in [2.75, 3.05) is 0 Å². The highest BCUT2D eigenvalue weighted by atomic mass is 19.4. The molecule has 0 saturated heterocycles. The summed E-state index contributed by atoms with van der Waals surface area (Å²) in [7, 11) is 0. The molecule has 102 valence electrons. The molecule has 2 N–H and O–H groups in total. The Morgan fingerprint density at radius 1 is 1.21 bits per heavy atom. The largest absolute Gasteiger partial charge is 0.452 e. The van der Waals surface area contributed by atoms with E-state index in [1.807, 2.05) is 0 Å². The Hall–Kier alpha value is -1.49. The summed E-state index contributed by atoms with van der Waals surface area (Å²) in [5.74, 6) is -0.947. The van der Waals surface area contributed by atoms with Gasteiger partial charge in [0.2, 0.25) is 5.76 Å². The molecule has 0 aliphatic heterocycles. The Labute approximate surface area is 108 Å². The van der Waals surface area contributed by atoms with Crippen molar-refractivity contribution in [2.45, 2.75) is 37.4 Å². The summed E-state index contributed by atoms with van der Waals surface area (Å²) in [4.78, 5) is 0. The lowest BCUT2D eigenvalue weighted by molar-refractivity contribution is -0.152. The van der Waals surface area contributed by atoms with Crippen LogP contribution in [0.15, 0.2) is 28.7 Å². The molecule has 0 radical (unpaired) electrons. The summed E-state index contributed by atoms with van der Waals surface area (Å²) in [5, 5.41) is 0.492. The van der Waals surface area contributed by atoms with Gasteiger partial charge in [0.05, 0.1) is 0 Å². The lowest BCUT2D eigenvalue weighted by Gasteiger charge is -2.07. The van der Waals surface area contributed by atoms with Crippen molar-refractivity contribution < 1.29 is 17.6 Å². The second kappa shape index (κ2) is 4.00. The van der Waals surface area contributed by atoms with Gasteiger partial charge >= 0.3 is 6.18 Å². The average molecular weight is 269 g/mol. The Bertz CT molecular complexity index is 611. The number of hydrogen-bond donors (Lipinski definition) is 1. The number of halogens is 3. The van der Waals surface area contributed by atoms with Crippen molar-refractivity contribution in [2.24, 2.45) is 5.73 Å². The zero-order chi connectivity index (χ0) is 13.7. The van der Waals surface area contributed by atoms with Crippen molar-refractivity contribution in [3.8, 4) is 0 Å². The zero-order valence-electron chi connectivity index (χ0n) is 10.3. The number of benzene rings is 1. The Kier molecular flexibility index (Phi) is 2.64. The zero-order valence-corrected chi connectivity index (χ0v) is 10.3. The first-order chi connectivity index (χ1) is 8.86. The molecule has 1 aliphatic carbocycles. The van der Waals surface area contributed by atoms with Gasteiger partial charge in [-0.3, -0.25) is 0 Å². The molecular weight excluding hydrogens is 255 g/mol. The maximum Gasteiger partial charge on any atom is 0.449 e. The summed E-state index contributed by atoms with van der Waals surface area (Å²) >= 11 is 0. The van der Waals surface area contributed by atoms with E-state index in [2.05, 4.69) is 0 Å². The second-order valence-corrected chi connectivity index (χ2v) is 5.34. The number of furan rings is 1. The van der Waals surface area contributed by atoms with Gasteiger partial charge in [0.1, 0.15) is 5.58 Å². The summed E-state index contributed by atoms with van der Waals surface area (Å²) < 4.78 is 42.4. The molecule has 5 heteroatoms. The number of rotatable bonds is 3. The van der Waals surface area contributed by atoms with Crippen molar-refractivity contribution >= 4 is 11.0 Å². The van der Waals surface area contributed by atoms with Crippen LogP contribution in [0.1, 0.15) is 30.6 Å². The molecule has 1 aliphatic rings. The third-order valence-corrected chi connectivity index (χ3v) is 3.66. The number of aryl methyl sites for hydroxylation is 1. The smallest absolute Gasteiger partial charge is 0.449 e. The maximum atomic E-state index is 12.5. The normalized spacial score (nSPS) is 17.9. The van der Waals surface area contributed by atoms with Crippen LogP contribution in [0, 0.1) is 0 Å². The molecule has 0 bridgehead atoms. The van der Waals surface area contributed by atoms with Crippen LogP contribution in [0.3, 0.4) is 0 Å². The van der Waals surface area contributed by atoms with E-state index in [1.54, 1.807) is 18.2 Å². The molecular formula is C14H14F3NO. The highest BCUT2D eigenvalue weighted by Gasteiger charge is 2.37. The monoisotopic (exact) mass is 269 g/mol. The first-order valence-electron chi connectivity index (χ1n) is 6.24. The number of alkyl halides is 3. The van der Waals surface area contributed by atoms with Gasteiger partial charge in [-0.15, -0.1) is 0 Å². The molecule has 1 fully saturated rings. The van der Waals surface area contributed by atoms with Gasteiger partial charge in [-0.25, -0.2) is 0 Å². The van der Waals surface area contributed by atoms with E-state index in [-0.39, 0.29) is 11.1 Å². The second-order valence-electron chi connectivity index (χ2n) is 5.34. The minimum absolute atomic E-state index is 0.0392. The van der Waals surface area contributed by atoms with E-state index < -0.39 is 11.9 Å². The molecule has 1 saturated carbocycles. The van der Waals surface area contributed by atoms with E-state index in [4.69, 9.17) is 10.2 Å². The topological polar surface area (TPSA) is 39.2 Å². The van der Waals surface area contributed by atoms with Gasteiger partial charge in [0.25, 0.3) is 0 Å². The van der Waals surface area contributed by atoms with Gasteiger partial charge in [0, 0.05) is 10.9 Å². The van der Waals surface area contributed by atoms with E-state index in [9.17, 15) is 13.2 Å². The molecule has 19 heavy (non-hydrogen) atoms. The molecule has 2 aromatic rings. The van der Waals surface area contributed by atoms with Crippen LogP contribution in [0.25, 0.3) is 11.0 Å². The highest BCUT2D eigenvalue weighted by Crippen LogP contribution is 2.37. The lowest BCUT2D eigenvalue weighted by Crippen LogP contribution is -2.21. The Balaban J connectivity index is 1.83. The number of fused-ring (bicyclic) bond motifs is 1. The molecule has 0 atom stereocenters. The molecule has 1 aromatic heterocycles. The van der Waals surface area contributed by atoms with Crippen molar-refractivity contribution in [3.05, 3.63) is 35.6 Å². The third kappa shape index (κ3) is 2.61. The number of hydrogen-bond acceptors (Lipinski definition) is 2. The fraction of sp³-hybridized carbons (Fsp3) is 0.429. The summed E-state index contributed by atoms with van der Waals surface area (Å²) in [6, 6.07) is 6.20. The van der Waals surface area contributed by atoms with Crippen LogP contribution in [-0.4, -0.2) is 5.54 Å². The fourth-order valence-electron chi connectivity index (χ4n) is 2.19. The first-order valence-corrected chi connectivity index (χ1v) is 6.24. The first kappa shape index (κ1) is 12.5. The van der Waals surface area contributed by atoms with Gasteiger partial charge in [0.15, 0.2) is 0 Å². The summed E-state index contributed by atoms with van der Waals surface area (Å²) in [6.07, 6.45) is -0.686.